The van der Waals surface area contributed by atoms with E-state index in [0.29, 0.717) is 28.5 Å². The first-order valence-electron chi connectivity index (χ1n) is 10.8. The van der Waals surface area contributed by atoms with Gasteiger partial charge in [-0.15, -0.1) is 0 Å². The Labute approximate surface area is 211 Å². The molecule has 4 rings (SSSR count). The highest BCUT2D eigenvalue weighted by Crippen LogP contribution is 2.31. The molecule has 0 aliphatic carbocycles. The summed E-state index contributed by atoms with van der Waals surface area (Å²) < 4.78 is 16.3. The van der Waals surface area contributed by atoms with Crippen LogP contribution < -0.4 is 19.7 Å². The summed E-state index contributed by atoms with van der Waals surface area (Å²) in [6.07, 6.45) is 1.45. The van der Waals surface area contributed by atoms with Crippen molar-refractivity contribution >= 4 is 46.9 Å². The number of anilines is 1. The summed E-state index contributed by atoms with van der Waals surface area (Å²) in [7, 11) is 1.45. The minimum absolute atomic E-state index is 0.0115. The van der Waals surface area contributed by atoms with Crippen LogP contribution >= 0.6 is 12.2 Å². The van der Waals surface area contributed by atoms with Crippen molar-refractivity contribution in [2.75, 3.05) is 12.0 Å². The van der Waals surface area contributed by atoms with Crippen LogP contribution in [0.3, 0.4) is 0 Å². The lowest BCUT2D eigenvalue weighted by Crippen LogP contribution is -2.54. The Hall–Kier alpha value is -4.44. The molecule has 1 aromatic heterocycles. The molecule has 184 valence electrons. The fraction of sp³-hybridized carbons (Fsp3) is 0.154. The van der Waals surface area contributed by atoms with Gasteiger partial charge in [0.25, 0.3) is 11.8 Å². The van der Waals surface area contributed by atoms with Crippen LogP contribution in [-0.2, 0) is 16.2 Å². The number of carbonyl (C=O) groups excluding carboxylic acids is 2. The van der Waals surface area contributed by atoms with Crippen LogP contribution in [0.2, 0.25) is 0 Å². The number of carbonyl (C=O) groups is 3. The second-order valence-electron chi connectivity index (χ2n) is 8.07. The molecule has 0 radical (unpaired) electrons. The van der Waals surface area contributed by atoms with E-state index in [4.69, 9.17) is 31.2 Å². The molecule has 10 heteroatoms. The second kappa shape index (κ2) is 10.0. The Morgan fingerprint density at radius 2 is 1.81 bits per heavy atom. The van der Waals surface area contributed by atoms with Crippen LogP contribution in [-0.4, -0.2) is 35.1 Å². The first-order chi connectivity index (χ1) is 17.2. The van der Waals surface area contributed by atoms with E-state index in [1.54, 1.807) is 18.2 Å². The Balaban J connectivity index is 1.59. The number of nitrogens with zero attached hydrogens (tertiary/aromatic N) is 1. The molecule has 1 fully saturated rings. The fourth-order valence-electron chi connectivity index (χ4n) is 3.75. The van der Waals surface area contributed by atoms with Crippen molar-refractivity contribution in [1.29, 1.82) is 0 Å². The van der Waals surface area contributed by atoms with Gasteiger partial charge in [-0.2, -0.15) is 0 Å². The number of ether oxygens (including phenoxy) is 2. The predicted molar refractivity (Wildman–Crippen MR) is 135 cm³/mol. The molecule has 0 unspecified atom stereocenters. The predicted octanol–water partition coefficient (Wildman–Crippen LogP) is 4.01. The topological polar surface area (TPSA) is 118 Å². The summed E-state index contributed by atoms with van der Waals surface area (Å²) >= 11 is 5.28. The number of rotatable bonds is 7. The standard InChI is InChI=1S/C26H22N2O7S/c1-14-8-15(2)10-17(9-14)28-24(30)19(23(29)27-26(28)36)11-16-4-6-20(22(12-16)33-3)34-13-18-5-7-21(35-18)25(31)32/h4-12H,13H2,1-3H3,(H,31,32)(H,27,29,36)/b19-11+. The summed E-state index contributed by atoms with van der Waals surface area (Å²) in [6, 6.07) is 13.3. The van der Waals surface area contributed by atoms with E-state index in [9.17, 15) is 14.4 Å². The van der Waals surface area contributed by atoms with Crippen LogP contribution in [0.15, 0.2) is 58.5 Å². The van der Waals surface area contributed by atoms with Gasteiger partial charge in [0.2, 0.25) is 5.76 Å². The normalized spacial score (nSPS) is 14.7. The zero-order chi connectivity index (χ0) is 26.0. The molecule has 1 aliphatic rings. The highest BCUT2D eigenvalue weighted by Gasteiger charge is 2.34. The monoisotopic (exact) mass is 506 g/mol. The van der Waals surface area contributed by atoms with E-state index >= 15 is 0 Å². The Bertz CT molecular complexity index is 1400. The smallest absolute Gasteiger partial charge is 0.371 e. The molecular weight excluding hydrogens is 484 g/mol. The maximum Gasteiger partial charge on any atom is 0.371 e. The van der Waals surface area contributed by atoms with Crippen LogP contribution in [0.1, 0.15) is 33.0 Å². The molecule has 1 aliphatic heterocycles. The van der Waals surface area contributed by atoms with E-state index in [2.05, 4.69) is 5.32 Å². The highest BCUT2D eigenvalue weighted by atomic mass is 32.1. The van der Waals surface area contributed by atoms with Crippen LogP contribution in [0.25, 0.3) is 6.08 Å². The van der Waals surface area contributed by atoms with Crippen molar-refractivity contribution in [3.05, 3.63) is 82.3 Å². The summed E-state index contributed by atoms with van der Waals surface area (Å²) in [6.45, 7) is 3.81. The molecular formula is C26H22N2O7S. The fourth-order valence-corrected chi connectivity index (χ4v) is 4.03. The van der Waals surface area contributed by atoms with Gasteiger partial charge in [0, 0.05) is 0 Å². The number of aromatic carboxylic acids is 1. The second-order valence-corrected chi connectivity index (χ2v) is 8.46. The Morgan fingerprint density at radius 1 is 1.08 bits per heavy atom. The lowest BCUT2D eigenvalue weighted by Gasteiger charge is -2.29. The molecule has 9 nitrogen and oxygen atoms in total. The van der Waals surface area contributed by atoms with Crippen molar-refractivity contribution < 1.29 is 33.4 Å². The van der Waals surface area contributed by atoms with E-state index < -0.39 is 17.8 Å². The minimum atomic E-state index is -1.17. The summed E-state index contributed by atoms with van der Waals surface area (Å²) in [4.78, 5) is 38.2. The molecule has 36 heavy (non-hydrogen) atoms. The summed E-state index contributed by atoms with van der Waals surface area (Å²) in [5.41, 5.74) is 2.92. The van der Waals surface area contributed by atoms with Crippen LogP contribution in [0.5, 0.6) is 11.5 Å². The van der Waals surface area contributed by atoms with E-state index in [0.717, 1.165) is 11.1 Å². The van der Waals surface area contributed by atoms with Crippen molar-refractivity contribution in [3.8, 4) is 11.5 Å². The number of benzene rings is 2. The van der Waals surface area contributed by atoms with E-state index in [-0.39, 0.29) is 23.1 Å². The number of furan rings is 1. The van der Waals surface area contributed by atoms with Gasteiger partial charge in [0.15, 0.2) is 16.6 Å². The first-order valence-corrected chi connectivity index (χ1v) is 11.2. The summed E-state index contributed by atoms with van der Waals surface area (Å²) in [5, 5.41) is 11.6. The number of aryl methyl sites for hydroxylation is 2. The maximum atomic E-state index is 13.3. The average molecular weight is 507 g/mol. The molecule has 2 N–H and O–H groups in total. The number of carboxylic acids is 1. The molecule has 2 aromatic carbocycles. The molecule has 0 atom stereocenters. The minimum Gasteiger partial charge on any atom is -0.493 e. The highest BCUT2D eigenvalue weighted by molar-refractivity contribution is 7.80. The molecule has 0 bridgehead atoms. The number of methoxy groups -OCH3 is 1. The SMILES string of the molecule is COc1cc(/C=C2\C(=O)NC(=S)N(c3cc(C)cc(C)c3)C2=O)ccc1OCc1ccc(C(=O)O)o1. The number of carboxylic acid groups (broad SMARTS) is 1. The number of nitrogens with one attached hydrogen (secondary N) is 1. The first kappa shape index (κ1) is 24.7. The third-order valence-electron chi connectivity index (χ3n) is 5.31. The number of hydrogen-bond donors (Lipinski definition) is 2. The number of hydrogen-bond acceptors (Lipinski definition) is 7. The van der Waals surface area contributed by atoms with Gasteiger partial charge < -0.3 is 19.0 Å². The van der Waals surface area contributed by atoms with Gasteiger partial charge in [-0.3, -0.25) is 19.8 Å². The van der Waals surface area contributed by atoms with Crippen molar-refractivity contribution in [2.24, 2.45) is 0 Å². The van der Waals surface area contributed by atoms with Gasteiger partial charge in [0.1, 0.15) is 17.9 Å². The quantitative estimate of drug-likeness (QED) is 0.280. The third-order valence-corrected chi connectivity index (χ3v) is 5.59. The van der Waals surface area contributed by atoms with Crippen LogP contribution in [0.4, 0.5) is 5.69 Å². The van der Waals surface area contributed by atoms with Crippen LogP contribution in [0, 0.1) is 13.8 Å². The lowest BCUT2D eigenvalue weighted by molar-refractivity contribution is -0.122. The molecule has 3 aromatic rings. The number of amides is 2. The summed E-state index contributed by atoms with van der Waals surface area (Å²) in [5.74, 6) is -1.46. The number of thiocarbonyl (C=S) groups is 1. The van der Waals surface area contributed by atoms with Crippen molar-refractivity contribution in [3.63, 3.8) is 0 Å². The van der Waals surface area contributed by atoms with Gasteiger partial charge in [0.05, 0.1) is 12.8 Å². The van der Waals surface area contributed by atoms with Gasteiger partial charge in [-0.1, -0.05) is 12.1 Å². The molecule has 2 heterocycles. The molecule has 0 spiro atoms. The zero-order valence-electron chi connectivity index (χ0n) is 19.7. The molecule has 1 saturated heterocycles. The Morgan fingerprint density at radius 3 is 2.44 bits per heavy atom. The Kier molecular flexibility index (Phi) is 6.89. The zero-order valence-corrected chi connectivity index (χ0v) is 20.5. The molecule has 0 saturated carbocycles. The maximum absolute atomic E-state index is 13.3. The third kappa shape index (κ3) is 5.13. The van der Waals surface area contributed by atoms with Crippen molar-refractivity contribution in [1.82, 2.24) is 5.32 Å². The molecule has 2 amide bonds. The largest absolute Gasteiger partial charge is 0.493 e. The van der Waals surface area contributed by atoms with Gasteiger partial charge in [-0.25, -0.2) is 4.79 Å². The van der Waals surface area contributed by atoms with Gasteiger partial charge >= 0.3 is 5.97 Å². The van der Waals surface area contributed by atoms with E-state index in [1.165, 1.54) is 30.2 Å². The average Bonchev–Trinajstić information content (AvgIpc) is 3.29. The lowest BCUT2D eigenvalue weighted by atomic mass is 10.1. The van der Waals surface area contributed by atoms with Crippen molar-refractivity contribution in [2.45, 2.75) is 20.5 Å². The van der Waals surface area contributed by atoms with Gasteiger partial charge in [-0.05, 0) is 85.2 Å². The van der Waals surface area contributed by atoms with E-state index in [1.807, 2.05) is 32.0 Å².